The third-order valence-corrected chi connectivity index (χ3v) is 6.13. The summed E-state index contributed by atoms with van der Waals surface area (Å²) >= 11 is 0. The summed E-state index contributed by atoms with van der Waals surface area (Å²) in [5.74, 6) is 0.286. The van der Waals surface area contributed by atoms with Crippen molar-refractivity contribution >= 4 is 16.1 Å². The summed E-state index contributed by atoms with van der Waals surface area (Å²) in [6.07, 6.45) is 2.03. The number of hydrogen-bond acceptors (Lipinski definition) is 4. The van der Waals surface area contributed by atoms with Crippen LogP contribution < -0.4 is 0 Å². The third kappa shape index (κ3) is 4.07. The maximum atomic E-state index is 12.4. The minimum atomic E-state index is -3.60. The van der Waals surface area contributed by atoms with Gasteiger partial charge in [-0.05, 0) is 34.6 Å². The van der Waals surface area contributed by atoms with Crippen LogP contribution in [-0.2, 0) is 25.7 Å². The number of sulfonamides is 1. The SMILES string of the molecule is CN1OCC/C(=C\c2cc(C(C)(C)C)c(O)c(C(C)(C)C)c2)S1(=O)=O. The Balaban J connectivity index is 2.68. The van der Waals surface area contributed by atoms with E-state index in [0.29, 0.717) is 17.9 Å². The summed E-state index contributed by atoms with van der Waals surface area (Å²) < 4.78 is 25.8. The molecule has 1 aromatic rings. The quantitative estimate of drug-likeness (QED) is 0.817. The van der Waals surface area contributed by atoms with E-state index in [1.807, 2.05) is 53.7 Å². The van der Waals surface area contributed by atoms with Gasteiger partial charge in [-0.2, -0.15) is 0 Å². The highest BCUT2D eigenvalue weighted by atomic mass is 32.2. The minimum absolute atomic E-state index is 0.260. The number of aromatic hydroxyl groups is 1. The Hall–Kier alpha value is -1.37. The minimum Gasteiger partial charge on any atom is -0.507 e. The van der Waals surface area contributed by atoms with Crippen LogP contribution in [0.5, 0.6) is 5.75 Å². The monoisotopic (exact) mass is 367 g/mol. The Labute approximate surface area is 151 Å². The van der Waals surface area contributed by atoms with Crippen LogP contribution in [0.3, 0.4) is 0 Å². The molecule has 1 aliphatic rings. The third-order valence-electron chi connectivity index (χ3n) is 4.37. The topological polar surface area (TPSA) is 66.8 Å². The zero-order chi connectivity index (χ0) is 19.2. The van der Waals surface area contributed by atoms with E-state index in [-0.39, 0.29) is 16.6 Å². The van der Waals surface area contributed by atoms with Gasteiger partial charge in [0.15, 0.2) is 0 Å². The van der Waals surface area contributed by atoms with Crippen molar-refractivity contribution < 1.29 is 18.4 Å². The molecule has 0 radical (unpaired) electrons. The molecular weight excluding hydrogens is 338 g/mol. The zero-order valence-electron chi connectivity index (χ0n) is 16.2. The Morgan fingerprint density at radius 1 is 1.08 bits per heavy atom. The molecule has 1 saturated heterocycles. The van der Waals surface area contributed by atoms with Gasteiger partial charge in [0.25, 0.3) is 10.0 Å². The van der Waals surface area contributed by atoms with Crippen molar-refractivity contribution in [3.8, 4) is 5.75 Å². The van der Waals surface area contributed by atoms with Gasteiger partial charge in [-0.15, -0.1) is 0 Å². The van der Waals surface area contributed by atoms with Crippen LogP contribution in [0.15, 0.2) is 17.0 Å². The Morgan fingerprint density at radius 2 is 1.56 bits per heavy atom. The first-order valence-corrected chi connectivity index (χ1v) is 9.89. The van der Waals surface area contributed by atoms with Crippen LogP contribution >= 0.6 is 0 Å². The molecule has 1 heterocycles. The highest BCUT2D eigenvalue weighted by Crippen LogP contribution is 2.40. The number of hydroxylamine groups is 1. The van der Waals surface area contributed by atoms with E-state index in [2.05, 4.69) is 0 Å². The van der Waals surface area contributed by atoms with Crippen molar-refractivity contribution in [2.45, 2.75) is 58.8 Å². The smallest absolute Gasteiger partial charge is 0.260 e. The molecule has 2 rings (SSSR count). The van der Waals surface area contributed by atoms with Crippen LogP contribution in [0, 0.1) is 0 Å². The lowest BCUT2D eigenvalue weighted by atomic mass is 9.78. The van der Waals surface area contributed by atoms with E-state index in [0.717, 1.165) is 21.2 Å². The predicted octanol–water partition coefficient (Wildman–Crippen LogP) is 3.93. The average Bonchev–Trinajstić information content (AvgIpc) is 2.43. The van der Waals surface area contributed by atoms with Crippen molar-refractivity contribution in [2.24, 2.45) is 0 Å². The number of phenolic OH excluding ortho intramolecular Hbond substituents is 1. The molecule has 5 nitrogen and oxygen atoms in total. The van der Waals surface area contributed by atoms with Crippen LogP contribution in [0.25, 0.3) is 6.08 Å². The van der Waals surface area contributed by atoms with Gasteiger partial charge in [-0.25, -0.2) is 8.42 Å². The Morgan fingerprint density at radius 3 is 2.00 bits per heavy atom. The summed E-state index contributed by atoms with van der Waals surface area (Å²) in [6, 6.07) is 3.76. The number of phenols is 1. The number of benzene rings is 1. The van der Waals surface area contributed by atoms with E-state index in [4.69, 9.17) is 4.84 Å². The first-order chi connectivity index (χ1) is 11.2. The van der Waals surface area contributed by atoms with E-state index in [1.165, 1.54) is 7.05 Å². The predicted molar refractivity (Wildman–Crippen MR) is 101 cm³/mol. The van der Waals surface area contributed by atoms with Crippen molar-refractivity contribution in [2.75, 3.05) is 13.7 Å². The highest BCUT2D eigenvalue weighted by Gasteiger charge is 2.30. The molecule has 0 aromatic heterocycles. The fourth-order valence-electron chi connectivity index (χ4n) is 2.85. The van der Waals surface area contributed by atoms with E-state index in [1.54, 1.807) is 6.08 Å². The van der Waals surface area contributed by atoms with Gasteiger partial charge in [-0.1, -0.05) is 46.0 Å². The number of rotatable bonds is 1. The first-order valence-electron chi connectivity index (χ1n) is 8.45. The maximum absolute atomic E-state index is 12.4. The molecule has 1 aliphatic heterocycles. The molecule has 1 N–H and O–H groups in total. The second-order valence-corrected chi connectivity index (χ2v) is 10.6. The molecule has 0 bridgehead atoms. The standard InChI is InChI=1S/C19H29NO4S/c1-18(2,3)15-11-13(12-16(17(15)21)19(4,5)6)10-14-8-9-24-20(7)25(14,22)23/h10-12,21H,8-9H2,1-7H3/b14-10+. The molecule has 6 heteroatoms. The van der Waals surface area contributed by atoms with Gasteiger partial charge in [0.05, 0.1) is 11.5 Å². The Bertz CT molecular complexity index is 761. The second-order valence-electron chi connectivity index (χ2n) is 8.57. The van der Waals surface area contributed by atoms with Gasteiger partial charge in [0, 0.05) is 24.6 Å². The van der Waals surface area contributed by atoms with Gasteiger partial charge in [-0.3, -0.25) is 4.84 Å². The van der Waals surface area contributed by atoms with Gasteiger partial charge in [0.1, 0.15) is 5.75 Å². The van der Waals surface area contributed by atoms with Crippen LogP contribution in [-0.4, -0.2) is 31.6 Å². The summed E-state index contributed by atoms with van der Waals surface area (Å²) in [6.45, 7) is 12.5. The molecule has 140 valence electrons. The molecular formula is C19H29NO4S. The van der Waals surface area contributed by atoms with Crippen molar-refractivity contribution in [3.05, 3.63) is 33.7 Å². The average molecular weight is 368 g/mol. The van der Waals surface area contributed by atoms with Crippen molar-refractivity contribution in [1.82, 2.24) is 4.47 Å². The van der Waals surface area contributed by atoms with Crippen LogP contribution in [0.2, 0.25) is 0 Å². The summed E-state index contributed by atoms with van der Waals surface area (Å²) in [5, 5.41) is 10.8. The lowest BCUT2D eigenvalue weighted by molar-refractivity contribution is -0.0689. The summed E-state index contributed by atoms with van der Waals surface area (Å²) in [5.41, 5.74) is 1.88. The first kappa shape index (κ1) is 19.9. The van der Waals surface area contributed by atoms with Crippen molar-refractivity contribution in [1.29, 1.82) is 0 Å². The Kier molecular flexibility index (Phi) is 5.12. The van der Waals surface area contributed by atoms with E-state index < -0.39 is 10.0 Å². The fraction of sp³-hybridized carbons (Fsp3) is 0.579. The fourth-order valence-corrected chi connectivity index (χ4v) is 4.02. The van der Waals surface area contributed by atoms with E-state index in [9.17, 15) is 13.5 Å². The van der Waals surface area contributed by atoms with Gasteiger partial charge in [0.2, 0.25) is 0 Å². The largest absolute Gasteiger partial charge is 0.507 e. The van der Waals surface area contributed by atoms with Gasteiger partial charge < -0.3 is 5.11 Å². The molecule has 0 aliphatic carbocycles. The number of hydrogen-bond donors (Lipinski definition) is 1. The molecule has 0 unspecified atom stereocenters. The molecule has 0 saturated carbocycles. The summed E-state index contributed by atoms with van der Waals surface area (Å²) in [7, 11) is -2.19. The normalized spacial score (nSPS) is 20.8. The zero-order valence-corrected chi connectivity index (χ0v) is 17.0. The lowest BCUT2D eigenvalue weighted by Gasteiger charge is -2.28. The molecule has 0 amide bonds. The molecule has 25 heavy (non-hydrogen) atoms. The number of nitrogens with zero attached hydrogens (tertiary/aromatic N) is 1. The van der Waals surface area contributed by atoms with E-state index >= 15 is 0 Å². The summed E-state index contributed by atoms with van der Waals surface area (Å²) in [4.78, 5) is 5.43. The van der Waals surface area contributed by atoms with Crippen molar-refractivity contribution in [3.63, 3.8) is 0 Å². The van der Waals surface area contributed by atoms with Crippen LogP contribution in [0.1, 0.15) is 64.7 Å². The highest BCUT2D eigenvalue weighted by molar-refractivity contribution is 7.93. The molecule has 0 atom stereocenters. The molecule has 0 spiro atoms. The maximum Gasteiger partial charge on any atom is 0.260 e. The molecule has 1 aromatic carbocycles. The lowest BCUT2D eigenvalue weighted by Crippen LogP contribution is -2.33. The molecule has 1 fully saturated rings. The second kappa shape index (κ2) is 6.41. The van der Waals surface area contributed by atoms with Gasteiger partial charge >= 0.3 is 0 Å². The van der Waals surface area contributed by atoms with Crippen LogP contribution in [0.4, 0.5) is 0 Å².